The Balaban J connectivity index is 1.95. The van der Waals surface area contributed by atoms with Crippen LogP contribution in [0.15, 0.2) is 54.6 Å². The fourth-order valence-electron chi connectivity index (χ4n) is 2.55. The van der Waals surface area contributed by atoms with E-state index in [0.29, 0.717) is 17.5 Å². The molecule has 1 aromatic heterocycles. The lowest BCUT2D eigenvalue weighted by Crippen LogP contribution is -2.16. The van der Waals surface area contributed by atoms with Crippen LogP contribution in [0.4, 0.5) is 21.8 Å². The number of halogens is 1. The van der Waals surface area contributed by atoms with Gasteiger partial charge in [0.15, 0.2) is 11.6 Å². The fourth-order valence-corrected chi connectivity index (χ4v) is 2.55. The van der Waals surface area contributed by atoms with E-state index < -0.39 is 5.82 Å². The lowest BCUT2D eigenvalue weighted by Gasteiger charge is -2.15. The van der Waals surface area contributed by atoms with E-state index >= 15 is 0 Å². The third-order valence-electron chi connectivity index (χ3n) is 4.21. The normalized spacial score (nSPS) is 11.7. The molecule has 0 spiro atoms. The molecule has 0 aliphatic carbocycles. The van der Waals surface area contributed by atoms with Gasteiger partial charge in [-0.05, 0) is 25.5 Å². The van der Waals surface area contributed by atoms with E-state index in [9.17, 15) is 4.39 Å². The predicted octanol–water partition coefficient (Wildman–Crippen LogP) is 5.25. The number of hydrogen-bond donors (Lipinski definition) is 2. The highest BCUT2D eigenvalue weighted by Gasteiger charge is 2.10. The summed E-state index contributed by atoms with van der Waals surface area (Å²) in [7, 11) is 1.44. The molecule has 6 heteroatoms. The first kappa shape index (κ1) is 18.6. The Kier molecular flexibility index (Phi) is 5.86. The molecule has 140 valence electrons. The van der Waals surface area contributed by atoms with Crippen molar-refractivity contribution in [3.05, 3.63) is 60.4 Å². The molecule has 0 aliphatic rings. The number of anilines is 3. The van der Waals surface area contributed by atoms with Gasteiger partial charge in [0.1, 0.15) is 5.82 Å². The maximum Gasteiger partial charge on any atom is 0.225 e. The molecule has 1 heterocycles. The van der Waals surface area contributed by atoms with Gasteiger partial charge >= 0.3 is 0 Å². The molecule has 0 saturated carbocycles. The first-order chi connectivity index (χ1) is 13.1. The lowest BCUT2D eigenvalue weighted by atomic mass is 10.1. The van der Waals surface area contributed by atoms with E-state index in [1.54, 1.807) is 12.1 Å². The number of nitrogens with zero attached hydrogens (tertiary/aromatic N) is 2. The Hall–Kier alpha value is -3.15. The van der Waals surface area contributed by atoms with Crippen LogP contribution >= 0.6 is 0 Å². The van der Waals surface area contributed by atoms with Crippen LogP contribution in [0.25, 0.3) is 11.3 Å². The van der Waals surface area contributed by atoms with Crippen LogP contribution in [0.5, 0.6) is 5.75 Å². The standard InChI is InChI=1S/C21H23FN4O/c1-4-14(2)23-21-25-18(15-8-6-5-7-9-15)13-20(26-21)24-16-10-11-19(27-3)17(22)12-16/h5-14H,4H2,1-3H3,(H2,23,24,25,26)/t14-/m0/s1. The van der Waals surface area contributed by atoms with Crippen molar-refractivity contribution in [2.45, 2.75) is 26.3 Å². The van der Waals surface area contributed by atoms with Gasteiger partial charge in [0.05, 0.1) is 12.8 Å². The Morgan fingerprint density at radius 1 is 1.07 bits per heavy atom. The average molecular weight is 366 g/mol. The molecule has 5 nitrogen and oxygen atoms in total. The zero-order valence-corrected chi connectivity index (χ0v) is 15.7. The summed E-state index contributed by atoms with van der Waals surface area (Å²) in [6, 6.07) is 16.7. The van der Waals surface area contributed by atoms with Crippen molar-refractivity contribution >= 4 is 17.5 Å². The molecule has 27 heavy (non-hydrogen) atoms. The van der Waals surface area contributed by atoms with Crippen molar-refractivity contribution < 1.29 is 9.13 Å². The van der Waals surface area contributed by atoms with Gasteiger partial charge in [-0.3, -0.25) is 0 Å². The fraction of sp³-hybridized carbons (Fsp3) is 0.238. The van der Waals surface area contributed by atoms with Crippen molar-refractivity contribution in [1.82, 2.24) is 9.97 Å². The first-order valence-electron chi connectivity index (χ1n) is 8.90. The molecule has 0 radical (unpaired) electrons. The number of ether oxygens (including phenoxy) is 1. The molecule has 0 unspecified atom stereocenters. The summed E-state index contributed by atoms with van der Waals surface area (Å²) in [6.07, 6.45) is 0.950. The van der Waals surface area contributed by atoms with E-state index in [2.05, 4.69) is 34.4 Å². The lowest BCUT2D eigenvalue weighted by molar-refractivity contribution is 0.386. The van der Waals surface area contributed by atoms with Crippen LogP contribution in [0, 0.1) is 5.82 Å². The molecule has 0 aliphatic heterocycles. The Morgan fingerprint density at radius 3 is 2.52 bits per heavy atom. The highest BCUT2D eigenvalue weighted by atomic mass is 19.1. The summed E-state index contributed by atoms with van der Waals surface area (Å²) in [5.74, 6) is 0.881. The van der Waals surface area contributed by atoms with Gasteiger partial charge in [-0.1, -0.05) is 37.3 Å². The van der Waals surface area contributed by atoms with Crippen LogP contribution in [-0.2, 0) is 0 Å². The molecule has 0 fully saturated rings. The summed E-state index contributed by atoms with van der Waals surface area (Å²) < 4.78 is 18.9. The largest absolute Gasteiger partial charge is 0.494 e. The summed E-state index contributed by atoms with van der Waals surface area (Å²) in [5, 5.41) is 6.45. The van der Waals surface area contributed by atoms with E-state index in [0.717, 1.165) is 17.7 Å². The van der Waals surface area contributed by atoms with Gasteiger partial charge in [0, 0.05) is 29.4 Å². The summed E-state index contributed by atoms with van der Waals surface area (Å²) >= 11 is 0. The minimum Gasteiger partial charge on any atom is -0.494 e. The van der Waals surface area contributed by atoms with Crippen LogP contribution in [0.2, 0.25) is 0 Å². The zero-order valence-electron chi connectivity index (χ0n) is 15.7. The number of benzene rings is 2. The second-order valence-corrected chi connectivity index (χ2v) is 6.26. The number of methoxy groups -OCH3 is 1. The smallest absolute Gasteiger partial charge is 0.225 e. The first-order valence-corrected chi connectivity index (χ1v) is 8.90. The molecule has 2 N–H and O–H groups in total. The highest BCUT2D eigenvalue weighted by Crippen LogP contribution is 2.26. The molecule has 1 atom stereocenters. The quantitative estimate of drug-likeness (QED) is 0.598. The highest BCUT2D eigenvalue weighted by molar-refractivity contribution is 5.67. The van der Waals surface area contributed by atoms with Crippen molar-refractivity contribution in [2.24, 2.45) is 0 Å². The van der Waals surface area contributed by atoms with Gasteiger partial charge in [-0.25, -0.2) is 9.37 Å². The van der Waals surface area contributed by atoms with Crippen molar-refractivity contribution in [1.29, 1.82) is 0 Å². The third kappa shape index (κ3) is 4.73. The van der Waals surface area contributed by atoms with E-state index in [1.165, 1.54) is 13.2 Å². The second-order valence-electron chi connectivity index (χ2n) is 6.26. The average Bonchev–Trinajstić information content (AvgIpc) is 2.68. The number of hydrogen-bond acceptors (Lipinski definition) is 5. The monoisotopic (exact) mass is 366 g/mol. The van der Waals surface area contributed by atoms with Gasteiger partial charge in [-0.15, -0.1) is 0 Å². The van der Waals surface area contributed by atoms with Crippen LogP contribution < -0.4 is 15.4 Å². The molecule has 0 amide bonds. The van der Waals surface area contributed by atoms with Gasteiger partial charge in [0.2, 0.25) is 5.95 Å². The van der Waals surface area contributed by atoms with Crippen molar-refractivity contribution in [3.63, 3.8) is 0 Å². The third-order valence-corrected chi connectivity index (χ3v) is 4.21. The zero-order chi connectivity index (χ0) is 19.2. The number of aromatic nitrogens is 2. The summed E-state index contributed by atoms with van der Waals surface area (Å²) in [5.41, 5.74) is 2.35. The topological polar surface area (TPSA) is 59.1 Å². The predicted molar refractivity (Wildman–Crippen MR) is 107 cm³/mol. The number of nitrogens with one attached hydrogen (secondary N) is 2. The minimum absolute atomic E-state index is 0.201. The van der Waals surface area contributed by atoms with Gasteiger partial charge in [0.25, 0.3) is 0 Å². The van der Waals surface area contributed by atoms with E-state index in [4.69, 9.17) is 4.74 Å². The minimum atomic E-state index is -0.433. The SMILES string of the molecule is CC[C@H](C)Nc1nc(Nc2ccc(OC)c(F)c2)cc(-c2ccccc2)n1. The van der Waals surface area contributed by atoms with E-state index in [1.807, 2.05) is 36.4 Å². The number of rotatable bonds is 7. The summed E-state index contributed by atoms with van der Waals surface area (Å²) in [6.45, 7) is 4.17. The maximum atomic E-state index is 14.0. The Labute approximate surface area is 158 Å². The van der Waals surface area contributed by atoms with Crippen molar-refractivity contribution in [3.8, 4) is 17.0 Å². The Morgan fingerprint density at radius 2 is 1.85 bits per heavy atom. The van der Waals surface area contributed by atoms with Crippen LogP contribution in [-0.4, -0.2) is 23.1 Å². The van der Waals surface area contributed by atoms with Crippen molar-refractivity contribution in [2.75, 3.05) is 17.7 Å². The summed E-state index contributed by atoms with van der Waals surface area (Å²) in [4.78, 5) is 9.15. The molecule has 0 bridgehead atoms. The van der Waals surface area contributed by atoms with E-state index in [-0.39, 0.29) is 11.8 Å². The molecular weight excluding hydrogens is 343 g/mol. The maximum absolute atomic E-state index is 14.0. The second kappa shape index (κ2) is 8.49. The van der Waals surface area contributed by atoms with Crippen LogP contribution in [0.3, 0.4) is 0 Å². The molecule has 3 aromatic rings. The molecule has 0 saturated heterocycles. The molecule has 3 rings (SSSR count). The Bertz CT molecular complexity index is 902. The van der Waals surface area contributed by atoms with Gasteiger partial charge < -0.3 is 15.4 Å². The molecular formula is C21H23FN4O. The van der Waals surface area contributed by atoms with Crippen LogP contribution in [0.1, 0.15) is 20.3 Å². The molecule has 2 aromatic carbocycles. The van der Waals surface area contributed by atoms with Gasteiger partial charge in [-0.2, -0.15) is 4.98 Å².